The van der Waals surface area contributed by atoms with Crippen LogP contribution < -0.4 is 0 Å². The number of fused-ring (bicyclic) bond motifs is 4. The molecule has 2 fully saturated rings. The third kappa shape index (κ3) is 3.56. The van der Waals surface area contributed by atoms with E-state index < -0.39 is 0 Å². The van der Waals surface area contributed by atoms with Crippen molar-refractivity contribution in [2.24, 2.45) is 39.9 Å². The smallest absolute Gasteiger partial charge is 0.0597 e. The lowest BCUT2D eigenvalue weighted by Crippen LogP contribution is -2.54. The summed E-state index contributed by atoms with van der Waals surface area (Å²) in [6, 6.07) is 7.88. The average Bonchev–Trinajstić information content (AvgIpc) is 3.13. The summed E-state index contributed by atoms with van der Waals surface area (Å²) >= 11 is 6.03. The van der Waals surface area contributed by atoms with E-state index in [0.717, 1.165) is 23.4 Å². The van der Waals surface area contributed by atoms with Crippen molar-refractivity contribution in [2.75, 3.05) is 0 Å². The molecule has 0 aromatic heterocycles. The van der Waals surface area contributed by atoms with Gasteiger partial charge in [0.05, 0.1) is 6.10 Å². The van der Waals surface area contributed by atoms with Gasteiger partial charge in [-0.1, -0.05) is 75.8 Å². The highest BCUT2D eigenvalue weighted by Gasteiger charge is 2.58. The number of hydrogen-bond donors (Lipinski definition) is 1. The summed E-state index contributed by atoms with van der Waals surface area (Å²) in [5.41, 5.74) is 4.90. The van der Waals surface area contributed by atoms with Crippen LogP contribution in [0.25, 0.3) is 0 Å². The lowest BCUT2D eigenvalue weighted by molar-refractivity contribution is -0.0975. The Bertz CT molecular complexity index is 1050. The quantitative estimate of drug-likeness (QED) is 0.421. The van der Waals surface area contributed by atoms with Crippen molar-refractivity contribution in [1.29, 1.82) is 0 Å². The van der Waals surface area contributed by atoms with E-state index in [2.05, 4.69) is 58.6 Å². The van der Waals surface area contributed by atoms with Crippen LogP contribution in [0.1, 0.15) is 78.7 Å². The third-order valence-electron chi connectivity index (χ3n) is 10.4. The summed E-state index contributed by atoms with van der Waals surface area (Å²) in [6.07, 6.45) is 11.8. The molecule has 0 saturated heterocycles. The Morgan fingerprint density at radius 2 is 1.76 bits per heavy atom. The van der Waals surface area contributed by atoms with E-state index in [-0.39, 0.29) is 22.3 Å². The minimum absolute atomic E-state index is 0.0512. The van der Waals surface area contributed by atoms with E-state index in [1.54, 1.807) is 11.1 Å². The molecule has 2 heteroatoms. The predicted molar refractivity (Wildman–Crippen MR) is 138 cm³/mol. The number of rotatable bonds is 1. The van der Waals surface area contributed by atoms with Crippen LogP contribution >= 0.6 is 11.6 Å². The van der Waals surface area contributed by atoms with Crippen LogP contribution in [0.4, 0.5) is 0 Å². The van der Waals surface area contributed by atoms with E-state index in [4.69, 9.17) is 11.6 Å². The molecule has 33 heavy (non-hydrogen) atoms. The van der Waals surface area contributed by atoms with Crippen molar-refractivity contribution in [3.63, 3.8) is 0 Å². The van der Waals surface area contributed by atoms with E-state index in [9.17, 15) is 5.11 Å². The maximum absolute atomic E-state index is 10.8. The number of hydrogen-bond acceptors (Lipinski definition) is 1. The molecule has 1 N–H and O–H groups in total. The molecule has 0 amide bonds. The number of halogens is 1. The summed E-state index contributed by atoms with van der Waals surface area (Å²) in [6.45, 7) is 11.9. The molecular formula is C31H39ClO. The highest BCUT2D eigenvalue weighted by atomic mass is 35.5. The molecule has 1 aromatic carbocycles. The molecular weight excluding hydrogens is 424 g/mol. The zero-order valence-corrected chi connectivity index (χ0v) is 21.7. The monoisotopic (exact) mass is 462 g/mol. The van der Waals surface area contributed by atoms with E-state index in [1.165, 1.54) is 25.7 Å². The Morgan fingerprint density at radius 1 is 1.03 bits per heavy atom. The standard InChI is InChI=1S/C31H39ClO/c1-20(6-7-21-8-10-22(32)11-9-21)24-13-14-25-23-12-15-27-29(2,3)28(33)17-19-31(27,5)26(23)16-18-30(24,25)4/h8-12,15,20,24,26-28,33H,13-14,16-19H2,1-5H3/t20-,24-,26+,27+,28+,30-,31-/m1/s1. The first-order chi connectivity index (χ1) is 15.6. The molecule has 1 nitrogen and oxygen atoms in total. The Hall–Kier alpha value is -1.49. The fourth-order valence-electron chi connectivity index (χ4n) is 8.37. The molecule has 5 rings (SSSR count). The predicted octanol–water partition coefficient (Wildman–Crippen LogP) is 7.82. The van der Waals surface area contributed by atoms with Crippen LogP contribution in [0.5, 0.6) is 0 Å². The van der Waals surface area contributed by atoms with E-state index >= 15 is 0 Å². The Balaban J connectivity index is 1.46. The number of allylic oxidation sites excluding steroid dienone is 4. The average molecular weight is 463 g/mol. The van der Waals surface area contributed by atoms with Gasteiger partial charge in [-0.15, -0.1) is 0 Å². The van der Waals surface area contributed by atoms with Gasteiger partial charge in [0.15, 0.2) is 0 Å². The van der Waals surface area contributed by atoms with Gasteiger partial charge in [-0.2, -0.15) is 0 Å². The number of aliphatic hydroxyl groups excluding tert-OH is 1. The first-order valence-corrected chi connectivity index (χ1v) is 13.3. The Labute approximate surface area is 205 Å². The van der Waals surface area contributed by atoms with Gasteiger partial charge in [-0.25, -0.2) is 0 Å². The fourth-order valence-corrected chi connectivity index (χ4v) is 8.50. The molecule has 2 saturated carbocycles. The van der Waals surface area contributed by atoms with Gasteiger partial charge in [-0.05, 0) is 102 Å². The van der Waals surface area contributed by atoms with Gasteiger partial charge in [0.25, 0.3) is 0 Å². The van der Waals surface area contributed by atoms with Crippen molar-refractivity contribution in [2.45, 2.75) is 79.2 Å². The summed E-state index contributed by atoms with van der Waals surface area (Å²) in [5.74, 6) is 9.09. The topological polar surface area (TPSA) is 20.2 Å². The highest BCUT2D eigenvalue weighted by molar-refractivity contribution is 6.30. The first-order valence-electron chi connectivity index (χ1n) is 12.9. The number of aliphatic hydroxyl groups is 1. The largest absolute Gasteiger partial charge is 0.393 e. The van der Waals surface area contributed by atoms with Gasteiger partial charge in [0.1, 0.15) is 0 Å². The molecule has 0 bridgehead atoms. The molecule has 0 heterocycles. The molecule has 0 unspecified atom stereocenters. The maximum Gasteiger partial charge on any atom is 0.0597 e. The normalized spacial score (nSPS) is 39.7. The molecule has 1 aromatic rings. The molecule has 176 valence electrons. The highest BCUT2D eigenvalue weighted by Crippen LogP contribution is 2.66. The Kier molecular flexibility index (Phi) is 5.66. The van der Waals surface area contributed by atoms with Crippen LogP contribution in [0, 0.1) is 51.8 Å². The van der Waals surface area contributed by atoms with Crippen molar-refractivity contribution >= 4 is 11.6 Å². The van der Waals surface area contributed by atoms with Gasteiger partial charge < -0.3 is 5.11 Å². The van der Waals surface area contributed by atoms with Crippen molar-refractivity contribution in [3.8, 4) is 11.8 Å². The molecule has 4 aliphatic carbocycles. The summed E-state index contributed by atoms with van der Waals surface area (Å²) in [4.78, 5) is 0. The maximum atomic E-state index is 10.8. The van der Waals surface area contributed by atoms with Crippen molar-refractivity contribution < 1.29 is 5.11 Å². The van der Waals surface area contributed by atoms with E-state index in [1.807, 2.05) is 24.3 Å². The van der Waals surface area contributed by atoms with Crippen LogP contribution in [-0.2, 0) is 0 Å². The van der Waals surface area contributed by atoms with Gasteiger partial charge in [-0.3, -0.25) is 0 Å². The third-order valence-corrected chi connectivity index (χ3v) is 10.6. The second kappa shape index (κ2) is 8.03. The molecule has 7 atom stereocenters. The lowest BCUT2D eigenvalue weighted by atomic mass is 9.46. The summed E-state index contributed by atoms with van der Waals surface area (Å²) < 4.78 is 0. The second-order valence-corrected chi connectivity index (χ2v) is 12.8. The zero-order chi connectivity index (χ0) is 23.6. The molecule has 0 aliphatic heterocycles. The molecule has 0 spiro atoms. The minimum Gasteiger partial charge on any atom is -0.393 e. The van der Waals surface area contributed by atoms with Gasteiger partial charge >= 0.3 is 0 Å². The Morgan fingerprint density at radius 3 is 2.48 bits per heavy atom. The van der Waals surface area contributed by atoms with Gasteiger partial charge in [0.2, 0.25) is 0 Å². The fraction of sp³-hybridized carbons (Fsp3) is 0.613. The van der Waals surface area contributed by atoms with Crippen LogP contribution in [-0.4, -0.2) is 11.2 Å². The van der Waals surface area contributed by atoms with Gasteiger partial charge in [0, 0.05) is 16.5 Å². The van der Waals surface area contributed by atoms with E-state index in [0.29, 0.717) is 23.7 Å². The number of benzene rings is 1. The van der Waals surface area contributed by atoms with Crippen LogP contribution in [0.15, 0.2) is 47.6 Å². The first kappa shape index (κ1) is 23.3. The summed E-state index contributed by atoms with van der Waals surface area (Å²) in [5, 5.41) is 11.5. The van der Waals surface area contributed by atoms with Crippen molar-refractivity contribution in [1.82, 2.24) is 0 Å². The molecule has 4 aliphatic rings. The second-order valence-electron chi connectivity index (χ2n) is 12.4. The SMILES string of the molecule is C[C@H](C#Cc1ccc(Cl)cc1)[C@H]1CCC2=C3C=C[C@H]4C(C)(C)[C@@H](O)CC[C@]4(C)[C@H]3CC[C@@]21C. The van der Waals surface area contributed by atoms with Crippen LogP contribution in [0.3, 0.4) is 0 Å². The van der Waals surface area contributed by atoms with Crippen molar-refractivity contribution in [3.05, 3.63) is 58.1 Å². The van der Waals surface area contributed by atoms with Crippen LogP contribution in [0.2, 0.25) is 5.02 Å². The lowest BCUT2D eigenvalue weighted by Gasteiger charge is -2.59. The molecule has 0 radical (unpaired) electrons. The zero-order valence-electron chi connectivity index (χ0n) is 20.9. The minimum atomic E-state index is -0.195. The summed E-state index contributed by atoms with van der Waals surface area (Å²) in [7, 11) is 0.